The molecule has 6 nitrogen and oxygen atoms in total. The Labute approximate surface area is 103 Å². The summed E-state index contributed by atoms with van der Waals surface area (Å²) in [5, 5.41) is 9.42. The molecule has 2 rings (SSSR count). The zero-order chi connectivity index (χ0) is 12.3. The molecule has 1 unspecified atom stereocenters. The number of aromatic nitrogens is 4. The normalized spacial score (nSPS) is 12.8. The second-order valence-electron chi connectivity index (χ2n) is 3.99. The molecule has 1 atom stereocenters. The highest BCUT2D eigenvalue weighted by Crippen LogP contribution is 2.08. The number of fused-ring (bicyclic) bond motifs is 1. The van der Waals surface area contributed by atoms with Crippen LogP contribution in [0.2, 0.25) is 0 Å². The summed E-state index contributed by atoms with van der Waals surface area (Å²) in [5.74, 6) is 1.84. The molecule has 0 spiro atoms. The van der Waals surface area contributed by atoms with Crippen molar-refractivity contribution in [1.29, 1.82) is 0 Å². The van der Waals surface area contributed by atoms with Gasteiger partial charge < -0.3 is 5.32 Å². The molecule has 0 radical (unpaired) electrons. The zero-order valence-corrected chi connectivity index (χ0v) is 10.2. The average Bonchev–Trinajstić information content (AvgIpc) is 2.69. The maximum Gasteiger partial charge on any atom is 0.348 e. The Kier molecular flexibility index (Phi) is 3.63. The van der Waals surface area contributed by atoms with E-state index in [0.717, 1.165) is 13.0 Å². The van der Waals surface area contributed by atoms with Crippen molar-refractivity contribution in [3.8, 4) is 0 Å². The van der Waals surface area contributed by atoms with E-state index in [0.29, 0.717) is 23.3 Å². The largest absolute Gasteiger partial charge is 0.370 e. The molecule has 0 aliphatic carbocycles. The van der Waals surface area contributed by atoms with E-state index in [1.54, 1.807) is 6.07 Å². The standard InChI is InChI=1S/C10H14ClN5O/c1-7(2-3-11)5-12-8-4-9-14-15-10(17)16(9)6-13-8/h4,6-7,12H,2-3,5H2,1H3,(H,15,17). The first-order chi connectivity index (χ1) is 8.20. The Morgan fingerprint density at radius 3 is 3.24 bits per heavy atom. The van der Waals surface area contributed by atoms with Crippen LogP contribution in [0.4, 0.5) is 5.82 Å². The Morgan fingerprint density at radius 1 is 1.65 bits per heavy atom. The fourth-order valence-corrected chi connectivity index (χ4v) is 1.85. The van der Waals surface area contributed by atoms with E-state index in [1.165, 1.54) is 10.7 Å². The van der Waals surface area contributed by atoms with Crippen LogP contribution >= 0.6 is 11.6 Å². The number of anilines is 1. The second-order valence-corrected chi connectivity index (χ2v) is 4.37. The first-order valence-electron chi connectivity index (χ1n) is 5.43. The van der Waals surface area contributed by atoms with E-state index >= 15 is 0 Å². The van der Waals surface area contributed by atoms with Crippen LogP contribution in [-0.2, 0) is 0 Å². The Bertz CT molecular complexity index is 549. The van der Waals surface area contributed by atoms with Gasteiger partial charge in [-0.1, -0.05) is 6.92 Å². The van der Waals surface area contributed by atoms with Crippen molar-refractivity contribution in [3.05, 3.63) is 22.9 Å². The van der Waals surface area contributed by atoms with Crippen LogP contribution < -0.4 is 11.0 Å². The predicted octanol–water partition coefficient (Wildman–Crippen LogP) is 1.09. The lowest BCUT2D eigenvalue weighted by Gasteiger charge is -2.11. The van der Waals surface area contributed by atoms with Crippen LogP contribution in [0.5, 0.6) is 0 Å². The smallest absolute Gasteiger partial charge is 0.348 e. The minimum Gasteiger partial charge on any atom is -0.370 e. The molecule has 7 heteroatoms. The fraction of sp³-hybridized carbons (Fsp3) is 0.500. The van der Waals surface area contributed by atoms with Gasteiger partial charge in [0.25, 0.3) is 0 Å². The third-order valence-electron chi connectivity index (χ3n) is 2.54. The molecular formula is C10H14ClN5O. The van der Waals surface area contributed by atoms with E-state index in [9.17, 15) is 4.79 Å². The van der Waals surface area contributed by atoms with Crippen LogP contribution in [-0.4, -0.2) is 32.0 Å². The molecule has 0 amide bonds. The number of hydrogen-bond acceptors (Lipinski definition) is 4. The second kappa shape index (κ2) is 5.18. The Morgan fingerprint density at radius 2 is 2.47 bits per heavy atom. The van der Waals surface area contributed by atoms with E-state index < -0.39 is 0 Å². The minimum absolute atomic E-state index is 0.283. The molecule has 0 aliphatic heterocycles. The molecule has 17 heavy (non-hydrogen) atoms. The lowest BCUT2D eigenvalue weighted by atomic mass is 10.1. The average molecular weight is 256 g/mol. The van der Waals surface area contributed by atoms with Gasteiger partial charge in [0, 0.05) is 18.5 Å². The van der Waals surface area contributed by atoms with Crippen LogP contribution in [0.1, 0.15) is 13.3 Å². The first-order valence-corrected chi connectivity index (χ1v) is 5.97. The van der Waals surface area contributed by atoms with Crippen LogP contribution in [0.3, 0.4) is 0 Å². The van der Waals surface area contributed by atoms with Gasteiger partial charge >= 0.3 is 5.69 Å². The number of nitrogens with zero attached hydrogens (tertiary/aromatic N) is 3. The van der Waals surface area contributed by atoms with Crippen molar-refractivity contribution < 1.29 is 0 Å². The molecular weight excluding hydrogens is 242 g/mol. The molecule has 2 aromatic heterocycles. The summed E-state index contributed by atoms with van der Waals surface area (Å²) in [7, 11) is 0. The first kappa shape index (κ1) is 11.9. The summed E-state index contributed by atoms with van der Waals surface area (Å²) >= 11 is 5.66. The Balaban J connectivity index is 2.07. The fourth-order valence-electron chi connectivity index (χ4n) is 1.47. The third kappa shape index (κ3) is 2.76. The minimum atomic E-state index is -0.283. The topological polar surface area (TPSA) is 75.1 Å². The maximum absolute atomic E-state index is 11.2. The number of H-pyrrole nitrogens is 1. The van der Waals surface area contributed by atoms with Crippen molar-refractivity contribution in [2.24, 2.45) is 5.92 Å². The van der Waals surface area contributed by atoms with Crippen LogP contribution in [0.25, 0.3) is 5.65 Å². The summed E-state index contributed by atoms with van der Waals surface area (Å²) in [6.07, 6.45) is 2.41. The lowest BCUT2D eigenvalue weighted by molar-refractivity contribution is 0.596. The van der Waals surface area contributed by atoms with Crippen LogP contribution in [0.15, 0.2) is 17.2 Å². The van der Waals surface area contributed by atoms with Gasteiger partial charge in [-0.2, -0.15) is 5.10 Å². The highest BCUT2D eigenvalue weighted by Gasteiger charge is 2.04. The van der Waals surface area contributed by atoms with Crippen LogP contribution in [0, 0.1) is 5.92 Å². The van der Waals surface area contributed by atoms with Gasteiger partial charge in [-0.3, -0.25) is 0 Å². The molecule has 92 valence electrons. The van der Waals surface area contributed by atoms with E-state index in [-0.39, 0.29) is 5.69 Å². The van der Waals surface area contributed by atoms with E-state index in [2.05, 4.69) is 27.4 Å². The molecule has 0 fully saturated rings. The number of aromatic amines is 1. The molecule has 2 N–H and O–H groups in total. The monoisotopic (exact) mass is 255 g/mol. The number of rotatable bonds is 5. The number of nitrogens with one attached hydrogen (secondary N) is 2. The van der Waals surface area contributed by atoms with Gasteiger partial charge in [0.2, 0.25) is 0 Å². The van der Waals surface area contributed by atoms with E-state index in [1.807, 2.05) is 0 Å². The van der Waals surface area contributed by atoms with Crippen molar-refractivity contribution >= 4 is 23.1 Å². The van der Waals surface area contributed by atoms with Gasteiger partial charge in [-0.15, -0.1) is 11.6 Å². The Hall–Kier alpha value is -1.56. The van der Waals surface area contributed by atoms with Crippen molar-refractivity contribution in [3.63, 3.8) is 0 Å². The summed E-state index contributed by atoms with van der Waals surface area (Å²) in [6, 6.07) is 1.73. The molecule has 0 aromatic carbocycles. The van der Waals surface area contributed by atoms with Crippen molar-refractivity contribution in [2.45, 2.75) is 13.3 Å². The molecule has 0 saturated heterocycles. The number of hydrogen-bond donors (Lipinski definition) is 2. The molecule has 0 bridgehead atoms. The summed E-state index contributed by atoms with van der Waals surface area (Å²) in [4.78, 5) is 15.3. The van der Waals surface area contributed by atoms with Gasteiger partial charge in [0.15, 0.2) is 5.65 Å². The summed E-state index contributed by atoms with van der Waals surface area (Å²) in [5.41, 5.74) is 0.270. The zero-order valence-electron chi connectivity index (χ0n) is 9.48. The molecule has 2 heterocycles. The van der Waals surface area contributed by atoms with Gasteiger partial charge in [-0.05, 0) is 12.3 Å². The highest BCUT2D eigenvalue weighted by molar-refractivity contribution is 6.17. The maximum atomic E-state index is 11.2. The molecule has 0 saturated carbocycles. The van der Waals surface area contributed by atoms with Gasteiger partial charge in [-0.25, -0.2) is 19.3 Å². The SMILES string of the molecule is CC(CCCl)CNc1cc2n[nH]c(=O)n2cn1. The van der Waals surface area contributed by atoms with Gasteiger partial charge in [0.1, 0.15) is 12.1 Å². The number of alkyl halides is 1. The highest BCUT2D eigenvalue weighted by atomic mass is 35.5. The van der Waals surface area contributed by atoms with Crippen molar-refractivity contribution in [2.75, 3.05) is 17.7 Å². The number of halogens is 1. The van der Waals surface area contributed by atoms with Gasteiger partial charge in [0.05, 0.1) is 0 Å². The summed E-state index contributed by atoms with van der Waals surface area (Å²) in [6.45, 7) is 2.91. The predicted molar refractivity (Wildman–Crippen MR) is 66.6 cm³/mol. The lowest BCUT2D eigenvalue weighted by Crippen LogP contribution is -2.14. The van der Waals surface area contributed by atoms with Crippen molar-refractivity contribution in [1.82, 2.24) is 19.6 Å². The molecule has 2 aromatic rings. The van der Waals surface area contributed by atoms with E-state index in [4.69, 9.17) is 11.6 Å². The summed E-state index contributed by atoms with van der Waals surface area (Å²) < 4.78 is 1.35. The third-order valence-corrected chi connectivity index (χ3v) is 2.76. The quantitative estimate of drug-likeness (QED) is 0.785. The molecule has 0 aliphatic rings.